The summed E-state index contributed by atoms with van der Waals surface area (Å²) < 4.78 is 5.30. The van der Waals surface area contributed by atoms with Gasteiger partial charge in [0.05, 0.1) is 24.1 Å². The van der Waals surface area contributed by atoms with Crippen molar-refractivity contribution in [2.45, 2.75) is 30.7 Å². The second-order valence-corrected chi connectivity index (χ2v) is 6.45. The SMILES string of the molecule is O=C1O[C@@H]2[C@@H]3NC(=S)N(c4ccc(Cl)cc4)[C@@H]3[C@@H]1C[C@H]2O. The van der Waals surface area contributed by atoms with E-state index in [1.165, 1.54) is 0 Å². The van der Waals surface area contributed by atoms with Crippen molar-refractivity contribution in [3.8, 4) is 0 Å². The van der Waals surface area contributed by atoms with Gasteiger partial charge in [-0.25, -0.2) is 0 Å². The van der Waals surface area contributed by atoms with Gasteiger partial charge >= 0.3 is 5.97 Å². The fourth-order valence-corrected chi connectivity index (χ4v) is 4.06. The summed E-state index contributed by atoms with van der Waals surface area (Å²) in [6, 6.07) is 7.06. The summed E-state index contributed by atoms with van der Waals surface area (Å²) in [5, 5.41) is 14.4. The zero-order valence-corrected chi connectivity index (χ0v) is 12.5. The topological polar surface area (TPSA) is 61.8 Å². The number of ether oxygens (including phenoxy) is 1. The highest BCUT2D eigenvalue weighted by molar-refractivity contribution is 7.80. The number of nitrogens with one attached hydrogen (secondary N) is 1. The number of esters is 1. The lowest BCUT2D eigenvalue weighted by atomic mass is 9.75. The Morgan fingerprint density at radius 1 is 1.38 bits per heavy atom. The van der Waals surface area contributed by atoms with E-state index in [9.17, 15) is 9.90 Å². The Kier molecular flexibility index (Phi) is 2.89. The van der Waals surface area contributed by atoms with Crippen molar-refractivity contribution in [2.75, 3.05) is 4.90 Å². The number of fused-ring (bicyclic) bond motifs is 2. The highest BCUT2D eigenvalue weighted by atomic mass is 35.5. The number of anilines is 1. The lowest BCUT2D eigenvalue weighted by Gasteiger charge is -2.47. The number of thiocarbonyl (C=S) groups is 1. The van der Waals surface area contributed by atoms with Crippen LogP contribution in [-0.2, 0) is 9.53 Å². The Bertz CT molecular complexity index is 623. The van der Waals surface area contributed by atoms with Gasteiger partial charge in [-0.2, -0.15) is 0 Å². The number of hydrogen-bond donors (Lipinski definition) is 2. The summed E-state index contributed by atoms with van der Waals surface area (Å²) in [6.45, 7) is 0. The summed E-state index contributed by atoms with van der Waals surface area (Å²) >= 11 is 11.3. The van der Waals surface area contributed by atoms with Gasteiger partial charge in [0.1, 0.15) is 6.10 Å². The summed E-state index contributed by atoms with van der Waals surface area (Å²) in [6.07, 6.45) is -0.754. The van der Waals surface area contributed by atoms with Gasteiger partial charge in [0, 0.05) is 10.7 Å². The molecule has 4 fully saturated rings. The normalized spacial score (nSPS) is 37.2. The van der Waals surface area contributed by atoms with E-state index >= 15 is 0 Å². The van der Waals surface area contributed by atoms with Gasteiger partial charge in [-0.05, 0) is 42.9 Å². The van der Waals surface area contributed by atoms with E-state index in [0.717, 1.165) is 5.69 Å². The second-order valence-electron chi connectivity index (χ2n) is 5.62. The zero-order chi connectivity index (χ0) is 14.7. The maximum atomic E-state index is 12.0. The quantitative estimate of drug-likeness (QED) is 0.595. The Labute approximate surface area is 131 Å². The molecule has 3 saturated heterocycles. The number of benzene rings is 1. The molecule has 1 saturated carbocycles. The van der Waals surface area contributed by atoms with Crippen LogP contribution in [0, 0.1) is 5.92 Å². The number of nitrogens with zero attached hydrogens (tertiary/aromatic N) is 1. The molecule has 3 heterocycles. The van der Waals surface area contributed by atoms with E-state index in [-0.39, 0.29) is 24.0 Å². The monoisotopic (exact) mass is 324 g/mol. The summed E-state index contributed by atoms with van der Waals surface area (Å²) in [5.41, 5.74) is 0.888. The maximum Gasteiger partial charge on any atom is 0.311 e. The van der Waals surface area contributed by atoms with E-state index < -0.39 is 12.2 Å². The van der Waals surface area contributed by atoms with Crippen molar-refractivity contribution < 1.29 is 14.6 Å². The van der Waals surface area contributed by atoms with Gasteiger partial charge in [0.25, 0.3) is 0 Å². The Morgan fingerprint density at radius 3 is 2.81 bits per heavy atom. The van der Waals surface area contributed by atoms with Crippen LogP contribution in [0.15, 0.2) is 24.3 Å². The van der Waals surface area contributed by atoms with Gasteiger partial charge in [-0.1, -0.05) is 11.6 Å². The highest BCUT2D eigenvalue weighted by Gasteiger charge is 2.60. The third-order valence-corrected chi connectivity index (χ3v) is 5.04. The van der Waals surface area contributed by atoms with Gasteiger partial charge in [0.2, 0.25) is 0 Å². The van der Waals surface area contributed by atoms with Crippen molar-refractivity contribution in [3.63, 3.8) is 0 Å². The minimum Gasteiger partial charge on any atom is -0.457 e. The van der Waals surface area contributed by atoms with Crippen LogP contribution in [0.4, 0.5) is 5.69 Å². The van der Waals surface area contributed by atoms with Gasteiger partial charge in [-0.3, -0.25) is 4.79 Å². The molecule has 110 valence electrons. The predicted molar refractivity (Wildman–Crippen MR) is 81.2 cm³/mol. The third-order valence-electron chi connectivity index (χ3n) is 4.48. The van der Waals surface area contributed by atoms with Crippen LogP contribution in [0.25, 0.3) is 0 Å². The largest absolute Gasteiger partial charge is 0.457 e. The second kappa shape index (κ2) is 4.56. The molecule has 5 nitrogen and oxygen atoms in total. The van der Waals surface area contributed by atoms with Crippen LogP contribution in [0.5, 0.6) is 0 Å². The molecule has 7 heteroatoms. The molecule has 21 heavy (non-hydrogen) atoms. The van der Waals surface area contributed by atoms with Gasteiger partial charge < -0.3 is 20.1 Å². The highest BCUT2D eigenvalue weighted by Crippen LogP contribution is 2.42. The average molecular weight is 325 g/mol. The van der Waals surface area contributed by atoms with E-state index in [1.54, 1.807) is 12.1 Å². The Balaban J connectivity index is 1.74. The van der Waals surface area contributed by atoms with Crippen molar-refractivity contribution >= 4 is 40.6 Å². The zero-order valence-electron chi connectivity index (χ0n) is 10.9. The van der Waals surface area contributed by atoms with Crippen LogP contribution in [-0.4, -0.2) is 40.5 Å². The van der Waals surface area contributed by atoms with Crippen molar-refractivity contribution in [1.29, 1.82) is 0 Å². The molecular weight excluding hydrogens is 312 g/mol. The first-order chi connectivity index (χ1) is 10.1. The average Bonchev–Trinajstić information content (AvgIpc) is 2.80. The van der Waals surface area contributed by atoms with Crippen LogP contribution < -0.4 is 10.2 Å². The van der Waals surface area contributed by atoms with E-state index in [1.807, 2.05) is 17.0 Å². The van der Waals surface area contributed by atoms with Gasteiger partial charge in [0.15, 0.2) is 5.11 Å². The maximum absolute atomic E-state index is 12.0. The number of carbonyl (C=O) groups is 1. The van der Waals surface area contributed by atoms with Gasteiger partial charge in [-0.15, -0.1) is 0 Å². The number of halogens is 1. The van der Waals surface area contributed by atoms with E-state index in [2.05, 4.69) is 5.32 Å². The smallest absolute Gasteiger partial charge is 0.311 e. The Morgan fingerprint density at radius 2 is 2.10 bits per heavy atom. The first-order valence-corrected chi connectivity index (χ1v) is 7.59. The minimum atomic E-state index is -0.630. The predicted octanol–water partition coefficient (Wildman–Crippen LogP) is 1.08. The fraction of sp³-hybridized carbons (Fsp3) is 0.429. The lowest BCUT2D eigenvalue weighted by molar-refractivity contribution is -0.188. The standard InChI is InChI=1S/C14H13ClN2O3S/c15-6-1-3-7(4-2-6)17-11-8-5-9(18)12(20-13(8)19)10(11)16-14(17)21/h1-4,8-12,18H,5H2,(H,16,21)/t8-,9+,10+,11+,12-/m0/s1. The summed E-state index contributed by atoms with van der Waals surface area (Å²) in [7, 11) is 0. The van der Waals surface area contributed by atoms with Crippen molar-refractivity contribution in [3.05, 3.63) is 29.3 Å². The molecule has 1 aromatic rings. The Hall–Kier alpha value is -1.37. The lowest BCUT2D eigenvalue weighted by Crippen LogP contribution is -2.66. The number of carbonyl (C=O) groups excluding carboxylic acids is 1. The molecule has 2 N–H and O–H groups in total. The van der Waals surface area contributed by atoms with E-state index in [0.29, 0.717) is 16.6 Å². The first kappa shape index (κ1) is 13.3. The molecule has 0 aromatic heterocycles. The molecule has 2 bridgehead atoms. The van der Waals surface area contributed by atoms with Crippen LogP contribution in [0.2, 0.25) is 5.02 Å². The molecule has 0 spiro atoms. The number of hydrogen-bond acceptors (Lipinski definition) is 4. The van der Waals surface area contributed by atoms with Crippen LogP contribution in [0.3, 0.4) is 0 Å². The summed E-state index contributed by atoms with van der Waals surface area (Å²) in [5.74, 6) is -0.629. The molecule has 1 aliphatic carbocycles. The molecule has 1 aromatic carbocycles. The van der Waals surface area contributed by atoms with Crippen molar-refractivity contribution in [1.82, 2.24) is 5.32 Å². The fourth-order valence-electron chi connectivity index (χ4n) is 3.57. The van der Waals surface area contributed by atoms with Crippen LogP contribution >= 0.6 is 23.8 Å². The molecule has 4 aliphatic rings. The third kappa shape index (κ3) is 1.86. The molecule has 0 amide bonds. The molecule has 0 radical (unpaired) electrons. The molecule has 0 unspecified atom stereocenters. The number of aliphatic hydroxyl groups is 1. The number of rotatable bonds is 1. The first-order valence-electron chi connectivity index (χ1n) is 6.80. The molecule has 5 atom stereocenters. The summed E-state index contributed by atoms with van der Waals surface area (Å²) in [4.78, 5) is 14.0. The molecule has 3 aliphatic heterocycles. The number of aliphatic hydroxyl groups excluding tert-OH is 1. The molecule has 5 rings (SSSR count). The van der Waals surface area contributed by atoms with E-state index in [4.69, 9.17) is 28.6 Å². The van der Waals surface area contributed by atoms with Crippen molar-refractivity contribution in [2.24, 2.45) is 5.92 Å². The minimum absolute atomic E-state index is 0.117. The van der Waals surface area contributed by atoms with Crippen LogP contribution in [0.1, 0.15) is 6.42 Å². The molecular formula is C14H13ClN2O3S.